The predicted molar refractivity (Wildman–Crippen MR) is 139 cm³/mol. The fraction of sp³-hybridized carbons (Fsp3) is 0.458. The number of rotatable bonds is 8. The number of piperidine rings is 1. The quantitative estimate of drug-likeness (QED) is 0.373. The molecule has 0 amide bonds. The van der Waals surface area contributed by atoms with Crippen molar-refractivity contribution in [3.8, 4) is 0 Å². The van der Waals surface area contributed by atoms with Crippen LogP contribution in [0.5, 0.6) is 0 Å². The zero-order valence-corrected chi connectivity index (χ0v) is 24.0. The van der Waals surface area contributed by atoms with Crippen LogP contribution in [-0.4, -0.2) is 62.7 Å². The van der Waals surface area contributed by atoms with Crippen molar-refractivity contribution in [1.82, 2.24) is 18.0 Å². The Labute approximate surface area is 234 Å². The Kier molecular flexibility index (Phi) is 7.29. The number of fused-ring (bicyclic) bond motifs is 3. The summed E-state index contributed by atoms with van der Waals surface area (Å²) in [4.78, 5) is 3.40. The molecule has 224 valence electrons. The van der Waals surface area contributed by atoms with Gasteiger partial charge in [0, 0.05) is 18.6 Å². The molecule has 2 aliphatic rings. The van der Waals surface area contributed by atoms with E-state index in [2.05, 4.69) is 4.98 Å². The molecule has 1 N–H and O–H groups in total. The number of nitrogens with zero attached hydrogens (tertiary/aromatic N) is 3. The maximum atomic E-state index is 14.7. The molecule has 0 saturated carbocycles. The van der Waals surface area contributed by atoms with E-state index >= 15 is 0 Å². The molecular formula is C24H26F4N4O6S3. The van der Waals surface area contributed by atoms with Crippen molar-refractivity contribution in [3.63, 3.8) is 0 Å². The number of benzene rings is 2. The monoisotopic (exact) mass is 638 g/mol. The van der Waals surface area contributed by atoms with Gasteiger partial charge in [0.05, 0.1) is 11.0 Å². The van der Waals surface area contributed by atoms with E-state index in [4.69, 9.17) is 0 Å². The Hall–Kier alpha value is -2.60. The maximum Gasteiger partial charge on any atom is 0.511 e. The lowest BCUT2D eigenvalue weighted by atomic mass is 9.74. The van der Waals surface area contributed by atoms with Crippen LogP contribution in [0.4, 0.5) is 17.6 Å². The van der Waals surface area contributed by atoms with E-state index < -0.39 is 75.5 Å². The second-order valence-electron chi connectivity index (χ2n) is 10.3. The summed E-state index contributed by atoms with van der Waals surface area (Å²) in [7, 11) is -15.1. The summed E-state index contributed by atoms with van der Waals surface area (Å²) in [6.45, 7) is 1.15. The van der Waals surface area contributed by atoms with Gasteiger partial charge in [0.2, 0.25) is 0 Å². The van der Waals surface area contributed by atoms with Crippen molar-refractivity contribution < 1.29 is 42.8 Å². The van der Waals surface area contributed by atoms with Crippen LogP contribution in [-0.2, 0) is 30.1 Å². The van der Waals surface area contributed by atoms with Gasteiger partial charge in [-0.3, -0.25) is 0 Å². The van der Waals surface area contributed by atoms with Crippen LogP contribution >= 0.6 is 0 Å². The lowest BCUT2D eigenvalue weighted by Crippen LogP contribution is -2.54. The van der Waals surface area contributed by atoms with E-state index in [0.717, 1.165) is 16.4 Å². The molecule has 2 atom stereocenters. The second kappa shape index (κ2) is 10.00. The van der Waals surface area contributed by atoms with E-state index in [-0.39, 0.29) is 30.3 Å². The number of sulfonamides is 2. The number of hydrogen-bond acceptors (Lipinski definition) is 7. The number of nitrogens with one attached hydrogen (secondary N) is 1. The molecule has 17 heteroatoms. The fourth-order valence-electron chi connectivity index (χ4n) is 5.91. The fourth-order valence-corrected chi connectivity index (χ4v) is 10.4. The van der Waals surface area contributed by atoms with Crippen molar-refractivity contribution in [3.05, 3.63) is 54.3 Å². The normalized spacial score (nSPS) is 24.2. The molecule has 2 saturated heterocycles. The highest BCUT2D eigenvalue weighted by atomic mass is 32.2. The molecule has 2 aliphatic heterocycles. The van der Waals surface area contributed by atoms with E-state index in [0.29, 0.717) is 16.8 Å². The van der Waals surface area contributed by atoms with Crippen LogP contribution in [0.3, 0.4) is 0 Å². The minimum absolute atomic E-state index is 0.0415. The topological polar surface area (TPSA) is 136 Å². The van der Waals surface area contributed by atoms with Crippen molar-refractivity contribution in [2.24, 2.45) is 5.41 Å². The predicted octanol–water partition coefficient (Wildman–Crippen LogP) is 3.56. The first-order chi connectivity index (χ1) is 19.0. The van der Waals surface area contributed by atoms with Gasteiger partial charge >= 0.3 is 15.5 Å². The third kappa shape index (κ3) is 4.94. The first-order valence-electron chi connectivity index (χ1n) is 12.6. The van der Waals surface area contributed by atoms with Crippen molar-refractivity contribution in [2.45, 2.75) is 66.7 Å². The summed E-state index contributed by atoms with van der Waals surface area (Å²) >= 11 is 0. The number of imidazole rings is 1. The molecule has 2 fully saturated rings. The first-order valence-corrected chi connectivity index (χ1v) is 17.0. The van der Waals surface area contributed by atoms with Gasteiger partial charge in [-0.15, -0.1) is 0 Å². The summed E-state index contributed by atoms with van der Waals surface area (Å²) in [6.07, 6.45) is 1.02. The average Bonchev–Trinajstić information content (AvgIpc) is 3.44. The van der Waals surface area contributed by atoms with Crippen molar-refractivity contribution in [1.29, 1.82) is 0 Å². The van der Waals surface area contributed by atoms with Gasteiger partial charge in [-0.05, 0) is 61.8 Å². The van der Waals surface area contributed by atoms with Crippen LogP contribution < -0.4 is 4.72 Å². The van der Waals surface area contributed by atoms with Gasteiger partial charge in [-0.2, -0.15) is 17.5 Å². The standard InChI is InChI=1S/C24H26F4N4O6S3/c1-2-23(15-29-41(37,38)24(26,27)28)13-16-11-12-17(14-23)31(16)40(35,36)22-30-19-8-4-5-9-20(19)32(22)39(33,34)21-10-6-3-7-18(21)25/h3-10,16-17,29H,2,11-15H2,1H3. The van der Waals surface area contributed by atoms with Gasteiger partial charge in [0.15, 0.2) is 0 Å². The van der Waals surface area contributed by atoms with Gasteiger partial charge < -0.3 is 0 Å². The molecule has 10 nitrogen and oxygen atoms in total. The van der Waals surface area contributed by atoms with Crippen LogP contribution in [0.25, 0.3) is 11.0 Å². The molecule has 41 heavy (non-hydrogen) atoms. The summed E-state index contributed by atoms with van der Waals surface area (Å²) in [5.41, 5.74) is -6.49. The number of para-hydroxylation sites is 2. The lowest BCUT2D eigenvalue weighted by Gasteiger charge is -2.45. The smallest absolute Gasteiger partial charge is 0.216 e. The highest BCUT2D eigenvalue weighted by Gasteiger charge is 2.55. The molecule has 1 aromatic heterocycles. The molecular weight excluding hydrogens is 612 g/mol. The zero-order chi connectivity index (χ0) is 30.0. The van der Waals surface area contributed by atoms with Crippen LogP contribution in [0.2, 0.25) is 0 Å². The Morgan fingerprint density at radius 2 is 1.51 bits per heavy atom. The number of hydrogen-bond donors (Lipinski definition) is 1. The Balaban J connectivity index is 1.56. The van der Waals surface area contributed by atoms with E-state index in [9.17, 15) is 42.8 Å². The summed E-state index contributed by atoms with van der Waals surface area (Å²) in [5, 5.41) is -0.833. The Bertz CT molecular complexity index is 1810. The first kappa shape index (κ1) is 29.9. The van der Waals surface area contributed by atoms with Gasteiger partial charge in [0.25, 0.3) is 25.2 Å². The molecule has 0 spiro atoms. The van der Waals surface area contributed by atoms with Crippen molar-refractivity contribution >= 4 is 41.1 Å². The molecule has 0 aliphatic carbocycles. The zero-order valence-electron chi connectivity index (χ0n) is 21.5. The SMILES string of the molecule is CCC1(CNS(=O)(=O)C(F)(F)F)CC2CCC(C1)N2S(=O)(=O)c1nc2ccccc2n1S(=O)(=O)c1ccccc1F. The lowest BCUT2D eigenvalue weighted by molar-refractivity contribution is -0.0452. The summed E-state index contributed by atoms with van der Waals surface area (Å²) in [6, 6.07) is 8.81. The molecule has 2 bridgehead atoms. The highest BCUT2D eigenvalue weighted by Crippen LogP contribution is 2.49. The molecule has 0 radical (unpaired) electrons. The Morgan fingerprint density at radius 3 is 2.10 bits per heavy atom. The minimum Gasteiger partial charge on any atom is -0.216 e. The van der Waals surface area contributed by atoms with Crippen LogP contribution in [0, 0.1) is 11.2 Å². The molecule has 2 unspecified atom stereocenters. The summed E-state index contributed by atoms with van der Waals surface area (Å²) in [5.74, 6) is -1.08. The van der Waals surface area contributed by atoms with E-state index in [1.807, 2.05) is 0 Å². The third-order valence-corrected chi connectivity index (χ3v) is 12.8. The average molecular weight is 639 g/mol. The molecule has 3 heterocycles. The van der Waals surface area contributed by atoms with Gasteiger partial charge in [-0.1, -0.05) is 31.2 Å². The molecule has 2 aromatic carbocycles. The number of aromatic nitrogens is 2. The minimum atomic E-state index is -5.60. The largest absolute Gasteiger partial charge is 0.511 e. The molecule has 5 rings (SSSR count). The number of alkyl halides is 3. The van der Waals surface area contributed by atoms with Gasteiger partial charge in [-0.25, -0.2) is 43.3 Å². The van der Waals surface area contributed by atoms with Crippen molar-refractivity contribution in [2.75, 3.05) is 6.54 Å². The van der Waals surface area contributed by atoms with E-state index in [1.54, 1.807) is 11.6 Å². The Morgan fingerprint density at radius 1 is 0.927 bits per heavy atom. The third-order valence-electron chi connectivity index (χ3n) is 7.94. The maximum absolute atomic E-state index is 14.7. The van der Waals surface area contributed by atoms with Crippen LogP contribution in [0.15, 0.2) is 58.6 Å². The molecule has 3 aromatic rings. The second-order valence-corrected chi connectivity index (χ2v) is 15.6. The summed E-state index contributed by atoms with van der Waals surface area (Å²) < 4.78 is 136. The van der Waals surface area contributed by atoms with Crippen LogP contribution in [0.1, 0.15) is 39.0 Å². The van der Waals surface area contributed by atoms with E-state index in [1.165, 1.54) is 36.4 Å². The van der Waals surface area contributed by atoms with Gasteiger partial charge in [0.1, 0.15) is 10.7 Å². The number of halogens is 4. The highest BCUT2D eigenvalue weighted by molar-refractivity contribution is 7.92.